The molecule has 0 aliphatic carbocycles. The normalized spacial score (nSPS) is 10.5. The quantitative estimate of drug-likeness (QED) is 0.685. The standard InChI is InChI=1S/C17H25NO4/c1-4-22-15-11-13(7-5-6-8-16(19)20)9-10-14(15)18-17(21)12(2)3/h9-12H,4-8H2,1-3H3,(H,18,21)(H,19,20). The first-order valence-electron chi connectivity index (χ1n) is 7.72. The smallest absolute Gasteiger partial charge is 0.303 e. The number of unbranched alkanes of at least 4 members (excludes halogenated alkanes) is 1. The van der Waals surface area contributed by atoms with E-state index in [2.05, 4.69) is 5.32 Å². The minimum atomic E-state index is -0.762. The molecule has 5 nitrogen and oxygen atoms in total. The predicted octanol–water partition coefficient (Wildman–Crippen LogP) is 3.48. The molecule has 22 heavy (non-hydrogen) atoms. The molecule has 0 heterocycles. The topological polar surface area (TPSA) is 75.6 Å². The summed E-state index contributed by atoms with van der Waals surface area (Å²) in [6.45, 7) is 6.10. The largest absolute Gasteiger partial charge is 0.492 e. The number of carboxylic acids is 1. The molecule has 2 N–H and O–H groups in total. The van der Waals surface area contributed by atoms with Crippen LogP contribution in [0.5, 0.6) is 5.75 Å². The van der Waals surface area contributed by atoms with Crippen molar-refractivity contribution in [2.75, 3.05) is 11.9 Å². The fourth-order valence-corrected chi connectivity index (χ4v) is 1.98. The molecule has 1 aromatic rings. The van der Waals surface area contributed by atoms with Gasteiger partial charge >= 0.3 is 5.97 Å². The van der Waals surface area contributed by atoms with Crippen LogP contribution in [-0.4, -0.2) is 23.6 Å². The highest BCUT2D eigenvalue weighted by Gasteiger charge is 2.11. The van der Waals surface area contributed by atoms with Gasteiger partial charge < -0.3 is 15.2 Å². The molecule has 1 aromatic carbocycles. The predicted molar refractivity (Wildman–Crippen MR) is 86.3 cm³/mol. The third-order valence-electron chi connectivity index (χ3n) is 3.23. The van der Waals surface area contributed by atoms with Gasteiger partial charge in [-0.1, -0.05) is 19.9 Å². The summed E-state index contributed by atoms with van der Waals surface area (Å²) in [6.07, 6.45) is 2.47. The van der Waals surface area contributed by atoms with Crippen LogP contribution >= 0.6 is 0 Å². The Morgan fingerprint density at radius 1 is 1.27 bits per heavy atom. The lowest BCUT2D eigenvalue weighted by molar-refractivity contribution is -0.137. The Balaban J connectivity index is 2.72. The van der Waals surface area contributed by atoms with Gasteiger partial charge in [0.2, 0.25) is 5.91 Å². The molecule has 0 bridgehead atoms. The number of aliphatic carboxylic acids is 1. The summed E-state index contributed by atoms with van der Waals surface area (Å²) in [7, 11) is 0. The van der Waals surface area contributed by atoms with Gasteiger partial charge in [-0.25, -0.2) is 0 Å². The number of aryl methyl sites for hydroxylation is 1. The Kier molecular flexibility index (Phi) is 7.43. The number of carbonyl (C=O) groups excluding carboxylic acids is 1. The van der Waals surface area contributed by atoms with Crippen LogP contribution in [0, 0.1) is 5.92 Å². The van der Waals surface area contributed by atoms with Crippen molar-refractivity contribution in [3.63, 3.8) is 0 Å². The molecule has 0 unspecified atom stereocenters. The summed E-state index contributed by atoms with van der Waals surface area (Å²) in [5, 5.41) is 11.5. The molecule has 1 rings (SSSR count). The summed E-state index contributed by atoms with van der Waals surface area (Å²) in [5.41, 5.74) is 1.76. The van der Waals surface area contributed by atoms with Crippen molar-refractivity contribution in [3.05, 3.63) is 23.8 Å². The van der Waals surface area contributed by atoms with E-state index >= 15 is 0 Å². The lowest BCUT2D eigenvalue weighted by Gasteiger charge is -2.14. The van der Waals surface area contributed by atoms with Crippen molar-refractivity contribution in [3.8, 4) is 5.75 Å². The van der Waals surface area contributed by atoms with Crippen LogP contribution in [0.1, 0.15) is 45.6 Å². The zero-order chi connectivity index (χ0) is 16.5. The molecule has 0 radical (unpaired) electrons. The van der Waals surface area contributed by atoms with Gasteiger partial charge in [0.1, 0.15) is 5.75 Å². The number of benzene rings is 1. The minimum Gasteiger partial charge on any atom is -0.492 e. The van der Waals surface area contributed by atoms with Gasteiger partial charge in [0.05, 0.1) is 12.3 Å². The molecule has 0 atom stereocenters. The van der Waals surface area contributed by atoms with Gasteiger partial charge in [-0.05, 0) is 43.9 Å². The Morgan fingerprint density at radius 3 is 2.59 bits per heavy atom. The fraction of sp³-hybridized carbons (Fsp3) is 0.529. The lowest BCUT2D eigenvalue weighted by atomic mass is 10.1. The summed E-state index contributed by atoms with van der Waals surface area (Å²) in [6, 6.07) is 5.71. The van der Waals surface area contributed by atoms with E-state index in [0.717, 1.165) is 18.4 Å². The first-order chi connectivity index (χ1) is 10.4. The molecular weight excluding hydrogens is 282 g/mol. The van der Waals surface area contributed by atoms with Gasteiger partial charge in [-0.3, -0.25) is 9.59 Å². The zero-order valence-corrected chi connectivity index (χ0v) is 13.5. The van der Waals surface area contributed by atoms with Gasteiger partial charge in [-0.2, -0.15) is 0 Å². The first-order valence-corrected chi connectivity index (χ1v) is 7.72. The van der Waals surface area contributed by atoms with Crippen molar-refractivity contribution < 1.29 is 19.4 Å². The molecule has 0 aromatic heterocycles. The third-order valence-corrected chi connectivity index (χ3v) is 3.23. The van der Waals surface area contributed by atoms with Crippen LogP contribution in [0.3, 0.4) is 0 Å². The molecule has 5 heteroatoms. The summed E-state index contributed by atoms with van der Waals surface area (Å²) in [4.78, 5) is 22.3. The average Bonchev–Trinajstić information content (AvgIpc) is 2.46. The van der Waals surface area contributed by atoms with Crippen molar-refractivity contribution in [2.45, 2.75) is 46.5 Å². The Hall–Kier alpha value is -2.04. The van der Waals surface area contributed by atoms with Crippen molar-refractivity contribution in [1.29, 1.82) is 0 Å². The number of anilines is 1. The maximum atomic E-state index is 11.8. The monoisotopic (exact) mass is 307 g/mol. The fourth-order valence-electron chi connectivity index (χ4n) is 1.98. The summed E-state index contributed by atoms with van der Waals surface area (Å²) in [5.74, 6) is -0.241. The molecule has 0 aliphatic heterocycles. The molecule has 1 amide bonds. The number of carboxylic acid groups (broad SMARTS) is 1. The van der Waals surface area contributed by atoms with Crippen LogP contribution in [0.25, 0.3) is 0 Å². The molecule has 0 saturated heterocycles. The SMILES string of the molecule is CCOc1cc(CCCCC(=O)O)ccc1NC(=O)C(C)C. The molecule has 0 spiro atoms. The molecule has 0 saturated carbocycles. The van der Waals surface area contributed by atoms with Crippen LogP contribution in [0.15, 0.2) is 18.2 Å². The molecular formula is C17H25NO4. The van der Waals surface area contributed by atoms with E-state index in [1.165, 1.54) is 0 Å². The second kappa shape index (κ2) is 9.07. The number of hydrogen-bond donors (Lipinski definition) is 2. The van der Waals surface area contributed by atoms with E-state index in [9.17, 15) is 9.59 Å². The van der Waals surface area contributed by atoms with E-state index in [1.807, 2.05) is 39.0 Å². The van der Waals surface area contributed by atoms with Gasteiger partial charge in [0, 0.05) is 12.3 Å². The van der Waals surface area contributed by atoms with Crippen LogP contribution in [0.4, 0.5) is 5.69 Å². The summed E-state index contributed by atoms with van der Waals surface area (Å²) < 4.78 is 5.59. The van der Waals surface area contributed by atoms with Crippen molar-refractivity contribution in [2.24, 2.45) is 5.92 Å². The summed E-state index contributed by atoms with van der Waals surface area (Å²) >= 11 is 0. The number of amides is 1. The van der Waals surface area contributed by atoms with E-state index < -0.39 is 5.97 Å². The van der Waals surface area contributed by atoms with Crippen LogP contribution in [0.2, 0.25) is 0 Å². The van der Waals surface area contributed by atoms with Gasteiger partial charge in [0.15, 0.2) is 0 Å². The maximum absolute atomic E-state index is 11.8. The van der Waals surface area contributed by atoms with Gasteiger partial charge in [0.25, 0.3) is 0 Å². The average molecular weight is 307 g/mol. The van der Waals surface area contributed by atoms with Crippen molar-refractivity contribution >= 4 is 17.6 Å². The van der Waals surface area contributed by atoms with Crippen LogP contribution in [-0.2, 0) is 16.0 Å². The van der Waals surface area contributed by atoms with E-state index in [-0.39, 0.29) is 18.2 Å². The highest BCUT2D eigenvalue weighted by atomic mass is 16.5. The lowest BCUT2D eigenvalue weighted by Crippen LogP contribution is -2.18. The van der Waals surface area contributed by atoms with Crippen LogP contribution < -0.4 is 10.1 Å². The zero-order valence-electron chi connectivity index (χ0n) is 13.5. The number of rotatable bonds is 9. The first kappa shape index (κ1) is 18.0. The number of nitrogens with one attached hydrogen (secondary N) is 1. The van der Waals surface area contributed by atoms with E-state index in [0.29, 0.717) is 24.5 Å². The van der Waals surface area contributed by atoms with E-state index in [4.69, 9.17) is 9.84 Å². The Bertz CT molecular complexity index is 511. The second-order valence-electron chi connectivity index (χ2n) is 5.51. The number of hydrogen-bond acceptors (Lipinski definition) is 3. The molecule has 0 fully saturated rings. The highest BCUT2D eigenvalue weighted by Crippen LogP contribution is 2.27. The number of ether oxygens (including phenoxy) is 1. The van der Waals surface area contributed by atoms with Gasteiger partial charge in [-0.15, -0.1) is 0 Å². The molecule has 122 valence electrons. The van der Waals surface area contributed by atoms with Crippen molar-refractivity contribution in [1.82, 2.24) is 0 Å². The minimum absolute atomic E-state index is 0.0461. The van der Waals surface area contributed by atoms with E-state index in [1.54, 1.807) is 0 Å². The molecule has 0 aliphatic rings. The Morgan fingerprint density at radius 2 is 2.00 bits per heavy atom. The number of carbonyl (C=O) groups is 2. The second-order valence-corrected chi connectivity index (χ2v) is 5.51. The highest BCUT2D eigenvalue weighted by molar-refractivity contribution is 5.93. The Labute approximate surface area is 131 Å². The maximum Gasteiger partial charge on any atom is 0.303 e. The third kappa shape index (κ3) is 6.16.